The summed E-state index contributed by atoms with van der Waals surface area (Å²) in [5.74, 6) is 1.59. The van der Waals surface area contributed by atoms with Crippen molar-refractivity contribution in [1.29, 1.82) is 0 Å². The highest BCUT2D eigenvalue weighted by Gasteiger charge is 2.29. The lowest BCUT2D eigenvalue weighted by molar-refractivity contribution is 0.999. The van der Waals surface area contributed by atoms with Crippen LogP contribution in [0.25, 0.3) is 0 Å². The first-order chi connectivity index (χ1) is 6.83. The summed E-state index contributed by atoms with van der Waals surface area (Å²) in [6.07, 6.45) is 2.29. The van der Waals surface area contributed by atoms with E-state index in [1.165, 1.54) is 12.1 Å². The second-order valence-electron chi connectivity index (χ2n) is 5.48. The molecule has 15 heavy (non-hydrogen) atoms. The number of hydrogen-bond acceptors (Lipinski definition) is 1. The van der Waals surface area contributed by atoms with Crippen molar-refractivity contribution in [2.24, 2.45) is 0 Å². The Balaban J connectivity index is 4.04. The molecule has 0 rings (SSSR count). The van der Waals surface area contributed by atoms with Crippen LogP contribution in [0.1, 0.15) is 12.8 Å². The van der Waals surface area contributed by atoms with Crippen molar-refractivity contribution in [1.82, 2.24) is 4.65 Å². The first kappa shape index (κ1) is 16.0. The zero-order valence-corrected chi connectivity index (χ0v) is 14.0. The fraction of sp³-hybridized carbons (Fsp3) is 1.00. The van der Waals surface area contributed by atoms with Crippen LogP contribution in [-0.4, -0.2) is 28.2 Å². The molecule has 0 spiro atoms. The molecule has 0 unspecified atom stereocenters. The minimum atomic E-state index is -1.23. The van der Waals surface area contributed by atoms with Crippen LogP contribution in [0.4, 0.5) is 0 Å². The molecule has 0 bridgehead atoms. The second kappa shape index (κ2) is 7.33. The summed E-state index contributed by atoms with van der Waals surface area (Å²) in [5.41, 5.74) is 0. The van der Waals surface area contributed by atoms with Gasteiger partial charge >= 0.3 is 0 Å². The molecular formula is C10H25Cl2NSi2. The van der Waals surface area contributed by atoms with Crippen molar-refractivity contribution in [3.05, 3.63) is 0 Å². The van der Waals surface area contributed by atoms with E-state index >= 15 is 0 Å². The van der Waals surface area contributed by atoms with E-state index in [2.05, 4.69) is 30.8 Å². The van der Waals surface area contributed by atoms with Gasteiger partial charge in [0.1, 0.15) is 16.5 Å². The standard InChI is InChI=1S/C10H25Cl2NSi2/c1-14(2,9-5-7-11)13-15(3,4)10-6-8-12/h13H,5-10H2,1-4H3. The van der Waals surface area contributed by atoms with Gasteiger partial charge in [0.25, 0.3) is 0 Å². The first-order valence-corrected chi connectivity index (χ1v) is 13.2. The van der Waals surface area contributed by atoms with Crippen LogP contribution < -0.4 is 4.65 Å². The molecule has 0 fully saturated rings. The first-order valence-electron chi connectivity index (χ1n) is 5.74. The largest absolute Gasteiger partial charge is 0.359 e. The SMILES string of the molecule is C[Si](C)(CCCCl)N[Si](C)(C)CCCCl. The van der Waals surface area contributed by atoms with Crippen LogP contribution in [0.15, 0.2) is 0 Å². The van der Waals surface area contributed by atoms with Gasteiger partial charge in [-0.3, -0.25) is 0 Å². The number of hydrogen-bond donors (Lipinski definition) is 1. The quantitative estimate of drug-likeness (QED) is 0.520. The van der Waals surface area contributed by atoms with Gasteiger partial charge in [0.05, 0.1) is 0 Å². The highest BCUT2D eigenvalue weighted by Crippen LogP contribution is 2.17. The molecule has 0 heterocycles. The maximum absolute atomic E-state index is 5.75. The van der Waals surface area contributed by atoms with E-state index in [0.717, 1.165) is 24.6 Å². The van der Waals surface area contributed by atoms with Crippen LogP contribution in [0.5, 0.6) is 0 Å². The van der Waals surface area contributed by atoms with Gasteiger partial charge in [-0.15, -0.1) is 23.2 Å². The number of alkyl halides is 2. The lowest BCUT2D eigenvalue weighted by Gasteiger charge is -2.34. The molecule has 0 aromatic heterocycles. The summed E-state index contributed by atoms with van der Waals surface area (Å²) in [4.78, 5) is 0. The van der Waals surface area contributed by atoms with Crippen molar-refractivity contribution in [3.63, 3.8) is 0 Å². The van der Waals surface area contributed by atoms with E-state index in [9.17, 15) is 0 Å². The Kier molecular flexibility index (Phi) is 7.80. The fourth-order valence-electron chi connectivity index (χ4n) is 2.06. The minimum Gasteiger partial charge on any atom is -0.359 e. The molecule has 0 saturated heterocycles. The van der Waals surface area contributed by atoms with E-state index in [1.807, 2.05) is 0 Å². The zero-order chi connectivity index (χ0) is 11.9. The molecule has 0 aliphatic carbocycles. The third kappa shape index (κ3) is 8.75. The molecule has 0 saturated carbocycles. The summed E-state index contributed by atoms with van der Waals surface area (Å²) in [7, 11) is -2.45. The molecule has 0 aliphatic heterocycles. The van der Waals surface area contributed by atoms with Crippen LogP contribution in [0, 0.1) is 0 Å². The van der Waals surface area contributed by atoms with E-state index in [0.29, 0.717) is 0 Å². The Bertz CT molecular complexity index is 157. The molecule has 0 aromatic carbocycles. The van der Waals surface area contributed by atoms with Crippen LogP contribution >= 0.6 is 23.2 Å². The third-order valence-corrected chi connectivity index (χ3v) is 11.7. The zero-order valence-electron chi connectivity index (χ0n) is 10.5. The van der Waals surface area contributed by atoms with Crippen molar-refractivity contribution >= 4 is 39.7 Å². The van der Waals surface area contributed by atoms with Gasteiger partial charge in [0.15, 0.2) is 0 Å². The number of halogens is 2. The topological polar surface area (TPSA) is 12.0 Å². The summed E-state index contributed by atoms with van der Waals surface area (Å²) in [5, 5.41) is 0. The van der Waals surface area contributed by atoms with Gasteiger partial charge in [0, 0.05) is 11.8 Å². The van der Waals surface area contributed by atoms with Gasteiger partial charge in [-0.25, -0.2) is 0 Å². The maximum atomic E-state index is 5.75. The lowest BCUT2D eigenvalue weighted by atomic mass is 10.6. The molecule has 92 valence electrons. The molecule has 0 aromatic rings. The Labute approximate surface area is 107 Å². The number of nitrogens with one attached hydrogen (secondary N) is 1. The van der Waals surface area contributed by atoms with Crippen molar-refractivity contribution in [2.45, 2.75) is 51.1 Å². The molecule has 1 N–H and O–H groups in total. The Hall–Kier alpha value is 0.974. The Morgan fingerprint density at radius 3 is 1.40 bits per heavy atom. The Morgan fingerprint density at radius 1 is 0.800 bits per heavy atom. The predicted molar refractivity (Wildman–Crippen MR) is 78.4 cm³/mol. The Morgan fingerprint density at radius 2 is 1.13 bits per heavy atom. The third-order valence-electron chi connectivity index (χ3n) is 2.55. The molecule has 0 aliphatic rings. The molecule has 5 heteroatoms. The van der Waals surface area contributed by atoms with Gasteiger partial charge in [-0.05, 0) is 24.9 Å². The van der Waals surface area contributed by atoms with Crippen LogP contribution in [-0.2, 0) is 0 Å². The highest BCUT2D eigenvalue weighted by atomic mass is 35.5. The van der Waals surface area contributed by atoms with Gasteiger partial charge in [-0.2, -0.15) is 0 Å². The fourth-order valence-corrected chi connectivity index (χ4v) is 13.2. The predicted octanol–water partition coefficient (Wildman–Crippen LogP) is 4.24. The molecule has 0 radical (unpaired) electrons. The summed E-state index contributed by atoms with van der Waals surface area (Å²) >= 11 is 11.5. The maximum Gasteiger partial charge on any atom is 0.112 e. The van der Waals surface area contributed by atoms with E-state index in [1.54, 1.807) is 0 Å². The average Bonchev–Trinajstić information content (AvgIpc) is 2.10. The van der Waals surface area contributed by atoms with E-state index < -0.39 is 16.5 Å². The summed E-state index contributed by atoms with van der Waals surface area (Å²) in [6, 6.07) is 2.57. The van der Waals surface area contributed by atoms with Crippen LogP contribution in [0.3, 0.4) is 0 Å². The molecular weight excluding hydrogens is 261 g/mol. The van der Waals surface area contributed by atoms with Gasteiger partial charge in [0.2, 0.25) is 0 Å². The average molecular weight is 286 g/mol. The highest BCUT2D eigenvalue weighted by molar-refractivity contribution is 6.91. The minimum absolute atomic E-state index is 0.793. The van der Waals surface area contributed by atoms with E-state index in [4.69, 9.17) is 23.2 Å². The van der Waals surface area contributed by atoms with Crippen molar-refractivity contribution < 1.29 is 0 Å². The van der Waals surface area contributed by atoms with Gasteiger partial charge < -0.3 is 4.65 Å². The van der Waals surface area contributed by atoms with E-state index in [-0.39, 0.29) is 0 Å². The van der Waals surface area contributed by atoms with Crippen LogP contribution in [0.2, 0.25) is 38.3 Å². The number of rotatable bonds is 8. The summed E-state index contributed by atoms with van der Waals surface area (Å²) < 4.78 is 3.96. The molecule has 1 nitrogen and oxygen atoms in total. The molecule has 0 atom stereocenters. The second-order valence-corrected chi connectivity index (χ2v) is 15.8. The van der Waals surface area contributed by atoms with Gasteiger partial charge in [-0.1, -0.05) is 26.2 Å². The summed E-state index contributed by atoms with van der Waals surface area (Å²) in [6.45, 7) is 9.65. The lowest BCUT2D eigenvalue weighted by Crippen LogP contribution is -2.58. The smallest absolute Gasteiger partial charge is 0.112 e. The monoisotopic (exact) mass is 285 g/mol. The van der Waals surface area contributed by atoms with Crippen molar-refractivity contribution in [3.8, 4) is 0 Å². The molecule has 0 amide bonds. The normalized spacial score (nSPS) is 13.2. The van der Waals surface area contributed by atoms with Crippen molar-refractivity contribution in [2.75, 3.05) is 11.8 Å².